The van der Waals surface area contributed by atoms with Crippen LogP contribution in [-0.4, -0.2) is 0 Å². The first-order valence-electron chi connectivity index (χ1n) is 22.9. The van der Waals surface area contributed by atoms with Crippen molar-refractivity contribution in [2.24, 2.45) is 0 Å². The van der Waals surface area contributed by atoms with Crippen LogP contribution >= 0.6 is 0 Å². The summed E-state index contributed by atoms with van der Waals surface area (Å²) in [5, 5.41) is 15.1. The number of hydrogen-bond acceptors (Lipinski definition) is 0. The predicted molar refractivity (Wildman–Crippen MR) is 284 cm³/mol. The van der Waals surface area contributed by atoms with E-state index in [1.165, 1.54) is 131 Å². The third-order valence-corrected chi connectivity index (χ3v) is 13.8. The van der Waals surface area contributed by atoms with E-state index in [1.54, 1.807) is 0 Å². The maximum Gasteiger partial charge on any atom is -0.00262 e. The Morgan fingerprint density at radius 2 is 0.409 bits per heavy atom. The average molecular weight is 835 g/mol. The molecule has 0 aromatic heterocycles. The van der Waals surface area contributed by atoms with Crippen molar-refractivity contribution in [1.29, 1.82) is 0 Å². The molecule has 0 heterocycles. The molecule has 0 aliphatic rings. The molecule has 0 unspecified atom stereocenters. The Kier molecular flexibility index (Phi) is 8.96. The summed E-state index contributed by atoms with van der Waals surface area (Å²) in [6, 6.07) is 94.0. The van der Waals surface area contributed by atoms with Crippen LogP contribution in [0.3, 0.4) is 0 Å². The van der Waals surface area contributed by atoms with E-state index in [2.05, 4.69) is 255 Å². The fourth-order valence-corrected chi connectivity index (χ4v) is 10.7. The van der Waals surface area contributed by atoms with Crippen molar-refractivity contribution in [3.63, 3.8) is 0 Å². The van der Waals surface area contributed by atoms with E-state index in [0.29, 0.717) is 0 Å². The maximum atomic E-state index is 2.37. The highest BCUT2D eigenvalue weighted by Crippen LogP contribution is 2.46. The van der Waals surface area contributed by atoms with Crippen LogP contribution in [0.1, 0.15) is 0 Å². The van der Waals surface area contributed by atoms with Gasteiger partial charge < -0.3 is 0 Å². The molecule has 0 atom stereocenters. The fourth-order valence-electron chi connectivity index (χ4n) is 10.7. The molecule has 0 aliphatic carbocycles. The van der Waals surface area contributed by atoms with Crippen LogP contribution in [0.25, 0.3) is 131 Å². The van der Waals surface area contributed by atoms with Crippen molar-refractivity contribution >= 4 is 64.6 Å². The Labute approximate surface area is 384 Å². The standard InChI is InChI=1S/C66H42/c1-2-16-45(17-3-1)63-55-21-6-12-27-61(55)66(62-28-13-7-22-56(62)63)54-38-37-51-40-49(35-36-52(51)42-54)44-29-32-46(33-30-44)64-57-23-8-10-25-59(57)65(60-26-11-9-24-58(60)64)53-20-14-19-48(41-53)50-34-31-43-15-4-5-18-47(43)39-50/h1-42H. The summed E-state index contributed by atoms with van der Waals surface area (Å²) in [4.78, 5) is 0. The zero-order chi connectivity index (χ0) is 43.6. The normalized spacial score (nSPS) is 11.6. The summed E-state index contributed by atoms with van der Waals surface area (Å²) in [7, 11) is 0. The molecule has 0 nitrogen and oxygen atoms in total. The molecule has 0 spiro atoms. The Morgan fingerprint density at radius 3 is 0.924 bits per heavy atom. The summed E-state index contributed by atoms with van der Waals surface area (Å²) in [6.45, 7) is 0. The van der Waals surface area contributed by atoms with Crippen LogP contribution in [-0.2, 0) is 0 Å². The third-order valence-electron chi connectivity index (χ3n) is 13.8. The molecule has 0 saturated heterocycles. The summed E-state index contributed by atoms with van der Waals surface area (Å²) in [6.07, 6.45) is 0. The second kappa shape index (κ2) is 15.6. The van der Waals surface area contributed by atoms with Crippen molar-refractivity contribution in [2.45, 2.75) is 0 Å². The van der Waals surface area contributed by atoms with E-state index in [-0.39, 0.29) is 0 Å². The zero-order valence-electron chi connectivity index (χ0n) is 36.2. The van der Waals surface area contributed by atoms with Gasteiger partial charge in [0.05, 0.1) is 0 Å². The number of hydrogen-bond donors (Lipinski definition) is 0. The molecule has 13 aromatic carbocycles. The highest BCUT2D eigenvalue weighted by Gasteiger charge is 2.19. The smallest absolute Gasteiger partial charge is 0.00262 e. The zero-order valence-corrected chi connectivity index (χ0v) is 36.2. The molecular formula is C66H42. The van der Waals surface area contributed by atoms with Gasteiger partial charge in [0.15, 0.2) is 0 Å². The largest absolute Gasteiger partial charge is 0.0622 e. The van der Waals surface area contributed by atoms with Gasteiger partial charge in [-0.2, -0.15) is 0 Å². The van der Waals surface area contributed by atoms with E-state index < -0.39 is 0 Å². The van der Waals surface area contributed by atoms with Crippen molar-refractivity contribution < 1.29 is 0 Å². The van der Waals surface area contributed by atoms with Crippen molar-refractivity contribution in [3.8, 4) is 66.8 Å². The van der Waals surface area contributed by atoms with Gasteiger partial charge in [0.2, 0.25) is 0 Å². The molecule has 0 saturated carbocycles. The molecule has 0 N–H and O–H groups in total. The molecule has 13 rings (SSSR count). The maximum absolute atomic E-state index is 2.37. The van der Waals surface area contributed by atoms with Gasteiger partial charge in [-0.15, -0.1) is 0 Å². The van der Waals surface area contributed by atoms with Crippen molar-refractivity contribution in [2.75, 3.05) is 0 Å². The molecule has 0 radical (unpaired) electrons. The van der Waals surface area contributed by atoms with Gasteiger partial charge in [-0.1, -0.05) is 231 Å². The molecule has 0 aliphatic heterocycles. The van der Waals surface area contributed by atoms with Crippen LogP contribution in [0.5, 0.6) is 0 Å². The lowest BCUT2D eigenvalue weighted by Crippen LogP contribution is -1.91. The Hall–Kier alpha value is -8.58. The summed E-state index contributed by atoms with van der Waals surface area (Å²) >= 11 is 0. The number of rotatable bonds is 6. The second-order valence-corrected chi connectivity index (χ2v) is 17.5. The van der Waals surface area contributed by atoms with E-state index in [9.17, 15) is 0 Å². The fraction of sp³-hybridized carbons (Fsp3) is 0. The van der Waals surface area contributed by atoms with Crippen LogP contribution in [0.15, 0.2) is 255 Å². The number of fused-ring (bicyclic) bond motifs is 6. The minimum absolute atomic E-state index is 1.20. The van der Waals surface area contributed by atoms with Gasteiger partial charge >= 0.3 is 0 Å². The first-order valence-corrected chi connectivity index (χ1v) is 22.9. The lowest BCUT2D eigenvalue weighted by Gasteiger charge is -2.18. The molecule has 0 amide bonds. The minimum Gasteiger partial charge on any atom is -0.0622 e. The van der Waals surface area contributed by atoms with Crippen molar-refractivity contribution in [1.82, 2.24) is 0 Å². The molecule has 0 bridgehead atoms. The Bertz CT molecular complexity index is 3910. The van der Waals surface area contributed by atoms with Gasteiger partial charge in [0, 0.05) is 0 Å². The van der Waals surface area contributed by atoms with E-state index in [4.69, 9.17) is 0 Å². The van der Waals surface area contributed by atoms with Gasteiger partial charge in [-0.05, 0) is 156 Å². The first kappa shape index (κ1) is 37.9. The lowest BCUT2D eigenvalue weighted by molar-refractivity contribution is 1.62. The monoisotopic (exact) mass is 834 g/mol. The van der Waals surface area contributed by atoms with Crippen molar-refractivity contribution in [3.05, 3.63) is 255 Å². The van der Waals surface area contributed by atoms with E-state index in [1.807, 2.05) is 0 Å². The molecule has 66 heavy (non-hydrogen) atoms. The topological polar surface area (TPSA) is 0 Å². The molecule has 0 fully saturated rings. The lowest BCUT2D eigenvalue weighted by atomic mass is 9.85. The quantitative estimate of drug-likeness (QED) is 0.146. The summed E-state index contributed by atoms with van der Waals surface area (Å²) in [5.41, 5.74) is 14.9. The Morgan fingerprint density at radius 1 is 0.136 bits per heavy atom. The van der Waals surface area contributed by atoms with Crippen LogP contribution in [0.4, 0.5) is 0 Å². The minimum atomic E-state index is 1.20. The number of benzene rings is 13. The SMILES string of the molecule is c1ccc(-c2c3ccccc3c(-c3ccc4cc(-c5ccc(-c6c7ccccc7c(-c7cccc(-c8ccc9ccccc9c8)c7)c7ccccc67)cc5)ccc4c3)c3ccccc23)cc1. The second-order valence-electron chi connectivity index (χ2n) is 17.5. The molecular weight excluding hydrogens is 793 g/mol. The van der Waals surface area contributed by atoms with Gasteiger partial charge in [-0.3, -0.25) is 0 Å². The predicted octanol–water partition coefficient (Wildman–Crippen LogP) is 18.6. The molecule has 306 valence electrons. The first-order chi connectivity index (χ1) is 32.7. The van der Waals surface area contributed by atoms with Gasteiger partial charge in [-0.25, -0.2) is 0 Å². The van der Waals surface area contributed by atoms with E-state index >= 15 is 0 Å². The van der Waals surface area contributed by atoms with Gasteiger partial charge in [0.1, 0.15) is 0 Å². The molecule has 0 heteroatoms. The Balaban J connectivity index is 0.875. The molecule has 13 aromatic rings. The highest BCUT2D eigenvalue weighted by atomic mass is 14.2. The highest BCUT2D eigenvalue weighted by molar-refractivity contribution is 6.23. The third kappa shape index (κ3) is 6.30. The van der Waals surface area contributed by atoms with Crippen LogP contribution in [0, 0.1) is 0 Å². The summed E-state index contributed by atoms with van der Waals surface area (Å²) < 4.78 is 0. The van der Waals surface area contributed by atoms with Crippen LogP contribution in [0.2, 0.25) is 0 Å². The average Bonchev–Trinajstić information content (AvgIpc) is 3.39. The van der Waals surface area contributed by atoms with Gasteiger partial charge in [0.25, 0.3) is 0 Å². The summed E-state index contributed by atoms with van der Waals surface area (Å²) in [5.74, 6) is 0. The van der Waals surface area contributed by atoms with Crippen LogP contribution < -0.4 is 0 Å². The van der Waals surface area contributed by atoms with E-state index in [0.717, 1.165) is 0 Å².